The van der Waals surface area contributed by atoms with Gasteiger partial charge in [0.15, 0.2) is 0 Å². The molecule has 13 rings (SSSR count). The van der Waals surface area contributed by atoms with Gasteiger partial charge in [-0.25, -0.2) is 9.97 Å². The second-order valence-electron chi connectivity index (χ2n) is 15.2. The molecule has 0 aliphatic heterocycles. The molecule has 0 unspecified atom stereocenters. The molecule has 7 heteroatoms. The van der Waals surface area contributed by atoms with Gasteiger partial charge in [0.1, 0.15) is 17.2 Å². The van der Waals surface area contributed by atoms with Crippen LogP contribution in [-0.2, 0) is 0 Å². The number of aromatic nitrogens is 5. The van der Waals surface area contributed by atoms with E-state index in [0.717, 1.165) is 111 Å². The highest BCUT2D eigenvalue weighted by molar-refractivity contribution is 7.22. The van der Waals surface area contributed by atoms with Crippen LogP contribution in [0, 0.1) is 0 Å². The molecule has 0 bridgehead atoms. The van der Waals surface area contributed by atoms with Crippen molar-refractivity contribution in [3.63, 3.8) is 0 Å². The number of imidazole rings is 1. The van der Waals surface area contributed by atoms with Crippen molar-refractivity contribution in [2.24, 2.45) is 0 Å². The lowest BCUT2D eigenvalue weighted by Crippen LogP contribution is -1.99. The van der Waals surface area contributed by atoms with Crippen molar-refractivity contribution >= 4 is 87.0 Å². The highest BCUT2D eigenvalue weighted by Gasteiger charge is 2.29. The molecule has 0 aliphatic rings. The Labute approximate surface area is 340 Å². The number of fused-ring (bicyclic) bond motifs is 8. The van der Waals surface area contributed by atoms with Crippen LogP contribution in [0.5, 0.6) is 0 Å². The SMILES string of the molecule is c1ccc2[nH]c(-c3nc4ccc(-c5cccc6c5[nH]c5ccccc56)c(-c5nc6ccccc6[nH]5)c4c(-c4cc5ccccc5s4)c3-c3cc4ccccc4o3)cc2c1. The molecule has 0 saturated heterocycles. The number of benzene rings is 7. The number of H-pyrrole nitrogens is 3. The lowest BCUT2D eigenvalue weighted by Gasteiger charge is -2.19. The quantitative estimate of drug-likeness (QED) is 0.163. The first-order valence-electron chi connectivity index (χ1n) is 19.7. The van der Waals surface area contributed by atoms with Crippen molar-refractivity contribution in [1.82, 2.24) is 24.9 Å². The Morgan fingerprint density at radius 3 is 2.10 bits per heavy atom. The van der Waals surface area contributed by atoms with E-state index in [-0.39, 0.29) is 0 Å². The summed E-state index contributed by atoms with van der Waals surface area (Å²) in [6.07, 6.45) is 0. The smallest absolute Gasteiger partial charge is 0.139 e. The number of rotatable bonds is 5. The Bertz CT molecular complexity index is 3690. The second kappa shape index (κ2) is 12.4. The first-order valence-corrected chi connectivity index (χ1v) is 20.6. The summed E-state index contributed by atoms with van der Waals surface area (Å²) in [4.78, 5) is 23.4. The number of hydrogen-bond donors (Lipinski definition) is 3. The van der Waals surface area contributed by atoms with Gasteiger partial charge < -0.3 is 19.4 Å². The molecule has 59 heavy (non-hydrogen) atoms. The number of nitrogens with one attached hydrogen (secondary N) is 3. The van der Waals surface area contributed by atoms with Crippen molar-refractivity contribution in [1.29, 1.82) is 0 Å². The number of pyridine rings is 1. The average Bonchev–Trinajstić information content (AvgIpc) is 4.13. The number of nitrogens with zero attached hydrogens (tertiary/aromatic N) is 2. The summed E-state index contributed by atoms with van der Waals surface area (Å²) in [5, 5.41) is 6.70. The number of para-hydroxylation sites is 6. The summed E-state index contributed by atoms with van der Waals surface area (Å²) in [5.41, 5.74) is 13.6. The fraction of sp³-hybridized carbons (Fsp3) is 0. The summed E-state index contributed by atoms with van der Waals surface area (Å²) in [6.45, 7) is 0. The standard InChI is InChI=1S/C52H31N5OS/c1-5-18-36-29(12-1)26-41(53-36)51-48(43-27-30-13-2-9-22-42(30)58-43)49(45-28-31-14-3-10-23-44(31)59-45)47-40(55-51)25-24-33(46(47)52-56-38-20-7-8-21-39(38)57-52)35-17-11-16-34-32-15-4-6-19-37(32)54-50(34)35/h1-28,53-54H,(H,56,57). The van der Waals surface area contributed by atoms with Gasteiger partial charge >= 0.3 is 0 Å². The van der Waals surface area contributed by atoms with E-state index in [1.54, 1.807) is 11.3 Å². The molecular formula is C52H31N5OS. The molecule has 6 heterocycles. The molecule has 3 N–H and O–H groups in total. The maximum atomic E-state index is 6.90. The highest BCUT2D eigenvalue weighted by atomic mass is 32.1. The molecule has 0 radical (unpaired) electrons. The topological polar surface area (TPSA) is 86.3 Å². The van der Waals surface area contributed by atoms with Gasteiger partial charge in [0.05, 0.1) is 39.0 Å². The summed E-state index contributed by atoms with van der Waals surface area (Å²) >= 11 is 1.79. The molecule has 7 aromatic carbocycles. The van der Waals surface area contributed by atoms with Gasteiger partial charge in [-0.15, -0.1) is 11.3 Å². The largest absolute Gasteiger partial charge is 0.456 e. The zero-order chi connectivity index (χ0) is 38.6. The maximum Gasteiger partial charge on any atom is 0.139 e. The number of furan rings is 1. The predicted octanol–water partition coefficient (Wildman–Crippen LogP) is 14.5. The van der Waals surface area contributed by atoms with Crippen molar-refractivity contribution in [2.45, 2.75) is 0 Å². The predicted molar refractivity (Wildman–Crippen MR) is 245 cm³/mol. The first kappa shape index (κ1) is 32.4. The Balaban J connectivity index is 1.25. The van der Waals surface area contributed by atoms with Gasteiger partial charge in [0.25, 0.3) is 0 Å². The minimum Gasteiger partial charge on any atom is -0.456 e. The van der Waals surface area contributed by atoms with Crippen molar-refractivity contribution in [3.05, 3.63) is 170 Å². The molecule has 0 amide bonds. The van der Waals surface area contributed by atoms with Crippen molar-refractivity contribution in [2.75, 3.05) is 0 Å². The zero-order valence-electron chi connectivity index (χ0n) is 31.4. The van der Waals surface area contributed by atoms with Gasteiger partial charge in [-0.05, 0) is 71.6 Å². The summed E-state index contributed by atoms with van der Waals surface area (Å²) in [5.74, 6) is 1.53. The third kappa shape index (κ3) is 4.92. The fourth-order valence-corrected chi connectivity index (χ4v) is 10.2. The van der Waals surface area contributed by atoms with Crippen LogP contribution in [0.3, 0.4) is 0 Å². The van der Waals surface area contributed by atoms with Gasteiger partial charge in [-0.2, -0.15) is 0 Å². The lowest BCUT2D eigenvalue weighted by atomic mass is 9.88. The van der Waals surface area contributed by atoms with Crippen molar-refractivity contribution < 1.29 is 4.42 Å². The van der Waals surface area contributed by atoms with Crippen LogP contribution in [0.25, 0.3) is 131 Å². The molecule has 0 spiro atoms. The zero-order valence-corrected chi connectivity index (χ0v) is 32.2. The number of hydrogen-bond acceptors (Lipinski definition) is 4. The minimum atomic E-state index is 0.750. The van der Waals surface area contributed by atoms with Crippen molar-refractivity contribution in [3.8, 4) is 55.7 Å². The van der Waals surface area contributed by atoms with Crippen LogP contribution in [0.1, 0.15) is 0 Å². The van der Waals surface area contributed by atoms with E-state index in [0.29, 0.717) is 0 Å². The third-order valence-electron chi connectivity index (χ3n) is 11.7. The second-order valence-corrected chi connectivity index (χ2v) is 16.2. The molecular weight excluding hydrogens is 743 g/mol. The molecule has 13 aromatic rings. The van der Waals surface area contributed by atoms with E-state index >= 15 is 0 Å². The third-order valence-corrected chi connectivity index (χ3v) is 12.9. The Kier molecular flexibility index (Phi) is 6.79. The van der Waals surface area contributed by atoms with Gasteiger partial charge in [-0.1, -0.05) is 109 Å². The molecule has 6 aromatic heterocycles. The van der Waals surface area contributed by atoms with E-state index < -0.39 is 0 Å². The van der Waals surface area contributed by atoms with Gasteiger partial charge in [0, 0.05) is 64.2 Å². The Hall–Kier alpha value is -7.74. The fourth-order valence-electron chi connectivity index (χ4n) is 9.09. The first-order chi connectivity index (χ1) is 29.2. The van der Waals surface area contributed by atoms with Gasteiger partial charge in [0.2, 0.25) is 0 Å². The molecule has 0 aliphatic carbocycles. The summed E-state index contributed by atoms with van der Waals surface area (Å²) in [7, 11) is 0. The van der Waals surface area contributed by atoms with Gasteiger partial charge in [-0.3, -0.25) is 0 Å². The average molecular weight is 774 g/mol. The minimum absolute atomic E-state index is 0.750. The van der Waals surface area contributed by atoms with E-state index in [9.17, 15) is 0 Å². The molecule has 0 saturated carbocycles. The van der Waals surface area contributed by atoms with E-state index in [2.05, 4.69) is 167 Å². The lowest BCUT2D eigenvalue weighted by molar-refractivity contribution is 0.632. The van der Waals surface area contributed by atoms with Crippen LogP contribution in [0.2, 0.25) is 0 Å². The Morgan fingerprint density at radius 2 is 1.24 bits per heavy atom. The van der Waals surface area contributed by atoms with Crippen LogP contribution in [0.4, 0.5) is 0 Å². The number of aromatic amines is 3. The van der Waals surface area contributed by atoms with Crippen LogP contribution in [-0.4, -0.2) is 24.9 Å². The number of thiophene rings is 1. The highest BCUT2D eigenvalue weighted by Crippen LogP contribution is 2.52. The summed E-state index contributed by atoms with van der Waals surface area (Å²) < 4.78 is 8.11. The maximum absolute atomic E-state index is 6.90. The Morgan fingerprint density at radius 1 is 0.475 bits per heavy atom. The molecule has 0 atom stereocenters. The summed E-state index contributed by atoms with van der Waals surface area (Å²) in [6, 6.07) is 59.7. The van der Waals surface area contributed by atoms with Crippen LogP contribution >= 0.6 is 11.3 Å². The molecule has 6 nitrogen and oxygen atoms in total. The van der Waals surface area contributed by atoms with Crippen LogP contribution < -0.4 is 0 Å². The normalized spacial score (nSPS) is 12.1. The molecule has 0 fully saturated rings. The molecule has 276 valence electrons. The van der Waals surface area contributed by atoms with E-state index in [4.69, 9.17) is 14.4 Å². The monoisotopic (exact) mass is 773 g/mol. The van der Waals surface area contributed by atoms with E-state index in [1.165, 1.54) is 20.9 Å². The van der Waals surface area contributed by atoms with Crippen LogP contribution in [0.15, 0.2) is 174 Å². The van der Waals surface area contributed by atoms with E-state index in [1.807, 2.05) is 18.2 Å².